The maximum Gasteiger partial charge on any atom is 0.259 e. The lowest BCUT2D eigenvalue weighted by atomic mass is 10.1. The number of pyridine rings is 1. The first-order valence-electron chi connectivity index (χ1n) is 10.5. The number of aromatic nitrogens is 4. The molecule has 9 heteroatoms. The van der Waals surface area contributed by atoms with Gasteiger partial charge < -0.3 is 20.1 Å². The summed E-state index contributed by atoms with van der Waals surface area (Å²) in [5.41, 5.74) is 3.38. The van der Waals surface area contributed by atoms with Crippen molar-refractivity contribution in [2.45, 2.75) is 26.9 Å². The number of ether oxygens (including phenoxy) is 1. The molecule has 2 N–H and O–H groups in total. The molecule has 0 spiro atoms. The maximum absolute atomic E-state index is 13.2. The third kappa shape index (κ3) is 4.33. The van der Waals surface area contributed by atoms with E-state index in [1.165, 1.54) is 4.52 Å². The number of hydrogen-bond acceptors (Lipinski definition) is 7. The van der Waals surface area contributed by atoms with Gasteiger partial charge in [0, 0.05) is 31.1 Å². The van der Waals surface area contributed by atoms with Crippen LogP contribution in [0, 0.1) is 0 Å². The minimum atomic E-state index is -0.317. The number of nitrogens with one attached hydrogen (secondary N) is 1. The first-order chi connectivity index (χ1) is 15.5. The number of nitrogens with zero attached hydrogens (tertiary/aromatic N) is 5. The molecule has 0 radical (unpaired) electrons. The van der Waals surface area contributed by atoms with Gasteiger partial charge in [-0.05, 0) is 32.9 Å². The quantitative estimate of drug-likeness (QED) is 0.468. The Morgan fingerprint density at radius 3 is 2.94 bits per heavy atom. The normalized spacial score (nSPS) is 17.6. The number of allylic oxidation sites excluding steroid dienone is 4. The highest BCUT2D eigenvalue weighted by molar-refractivity contribution is 6.09. The standard InChI is InChI=1S/C23H26N6O3/c1-4-5-17(16(3)30)20-14-29-22(26-20)18(6-9-25-29)23(31)27-19-12-24-8-7-21(19)28-10-11-32-15(2)13-28/h4-9,12,14-15,30H,10-11,13H2,1-3H3,(H,27,31)/b5-4-,17-16-. The van der Waals surface area contributed by atoms with Crippen LogP contribution in [-0.4, -0.2) is 56.4 Å². The number of amides is 1. The van der Waals surface area contributed by atoms with Crippen molar-refractivity contribution in [1.82, 2.24) is 19.6 Å². The molecule has 0 saturated carbocycles. The highest BCUT2D eigenvalue weighted by Gasteiger charge is 2.22. The van der Waals surface area contributed by atoms with Crippen LogP contribution in [0.25, 0.3) is 11.2 Å². The number of aliphatic hydroxyl groups is 1. The van der Waals surface area contributed by atoms with E-state index in [9.17, 15) is 9.90 Å². The molecule has 0 aromatic carbocycles. The summed E-state index contributed by atoms with van der Waals surface area (Å²) in [5.74, 6) is -0.181. The molecule has 1 unspecified atom stereocenters. The SMILES string of the molecule is C/C=C\C(=C(/C)O)c1cn2nccc(C(=O)Nc3cnccc3N3CCOC(C)C3)c2n1. The van der Waals surface area contributed by atoms with E-state index in [1.54, 1.807) is 43.9 Å². The molecule has 1 fully saturated rings. The van der Waals surface area contributed by atoms with Crippen molar-refractivity contribution >= 4 is 28.5 Å². The minimum Gasteiger partial charge on any atom is -0.512 e. The van der Waals surface area contributed by atoms with Crippen LogP contribution in [0.5, 0.6) is 0 Å². The number of rotatable bonds is 5. The van der Waals surface area contributed by atoms with Crippen molar-refractivity contribution in [1.29, 1.82) is 0 Å². The molecule has 32 heavy (non-hydrogen) atoms. The summed E-state index contributed by atoms with van der Waals surface area (Å²) < 4.78 is 7.17. The Kier molecular flexibility index (Phi) is 6.18. The summed E-state index contributed by atoms with van der Waals surface area (Å²) in [7, 11) is 0. The van der Waals surface area contributed by atoms with E-state index in [0.717, 1.165) is 18.8 Å². The number of carbonyl (C=O) groups is 1. The van der Waals surface area contributed by atoms with Gasteiger partial charge in [-0.2, -0.15) is 5.10 Å². The molecule has 4 rings (SSSR count). The second kappa shape index (κ2) is 9.19. The lowest BCUT2D eigenvalue weighted by Crippen LogP contribution is -2.41. The monoisotopic (exact) mass is 434 g/mol. The van der Waals surface area contributed by atoms with Crippen molar-refractivity contribution in [3.8, 4) is 0 Å². The number of fused-ring (bicyclic) bond motifs is 1. The second-order valence-corrected chi connectivity index (χ2v) is 7.61. The number of hydrogen-bond donors (Lipinski definition) is 2. The van der Waals surface area contributed by atoms with Crippen LogP contribution in [-0.2, 0) is 4.74 Å². The highest BCUT2D eigenvalue weighted by atomic mass is 16.5. The second-order valence-electron chi connectivity index (χ2n) is 7.61. The molecule has 166 valence electrons. The predicted molar refractivity (Wildman–Crippen MR) is 123 cm³/mol. The summed E-state index contributed by atoms with van der Waals surface area (Å²) in [6, 6.07) is 3.51. The van der Waals surface area contributed by atoms with Crippen LogP contribution >= 0.6 is 0 Å². The molecule has 1 atom stereocenters. The summed E-state index contributed by atoms with van der Waals surface area (Å²) in [6.45, 7) is 7.58. The molecule has 4 heterocycles. The average molecular weight is 435 g/mol. The Labute approximate surface area is 186 Å². The van der Waals surface area contributed by atoms with Crippen molar-refractivity contribution < 1.29 is 14.6 Å². The van der Waals surface area contributed by atoms with E-state index in [4.69, 9.17) is 4.74 Å². The molecule has 1 amide bonds. The lowest BCUT2D eigenvalue weighted by Gasteiger charge is -2.33. The topological polar surface area (TPSA) is 105 Å². The Balaban J connectivity index is 1.67. The summed E-state index contributed by atoms with van der Waals surface area (Å²) in [4.78, 5) is 24.2. The minimum absolute atomic E-state index is 0.109. The highest BCUT2D eigenvalue weighted by Crippen LogP contribution is 2.27. The third-order valence-corrected chi connectivity index (χ3v) is 5.23. The van der Waals surface area contributed by atoms with E-state index in [2.05, 4.69) is 25.3 Å². The molecular formula is C23H26N6O3. The zero-order valence-corrected chi connectivity index (χ0v) is 18.3. The van der Waals surface area contributed by atoms with E-state index < -0.39 is 0 Å². The Hall–Kier alpha value is -3.72. The maximum atomic E-state index is 13.2. The molecule has 3 aromatic heterocycles. The Bertz CT molecular complexity index is 1200. The van der Waals surface area contributed by atoms with Gasteiger partial charge >= 0.3 is 0 Å². The van der Waals surface area contributed by atoms with E-state index in [1.807, 2.05) is 26.0 Å². The zero-order chi connectivity index (χ0) is 22.7. The third-order valence-electron chi connectivity index (χ3n) is 5.23. The fourth-order valence-corrected chi connectivity index (χ4v) is 3.75. The van der Waals surface area contributed by atoms with E-state index in [0.29, 0.717) is 34.8 Å². The smallest absolute Gasteiger partial charge is 0.259 e. The van der Waals surface area contributed by atoms with Crippen LogP contribution < -0.4 is 10.2 Å². The molecule has 3 aromatic rings. The first kappa shape index (κ1) is 21.5. The number of aliphatic hydroxyl groups excluding tert-OH is 1. The Morgan fingerprint density at radius 1 is 1.34 bits per heavy atom. The number of carbonyl (C=O) groups excluding carboxylic acids is 1. The lowest BCUT2D eigenvalue weighted by molar-refractivity contribution is 0.0533. The molecule has 1 saturated heterocycles. The summed E-state index contributed by atoms with van der Waals surface area (Å²) in [6.07, 6.45) is 10.3. The van der Waals surface area contributed by atoms with Gasteiger partial charge in [-0.3, -0.25) is 9.78 Å². The van der Waals surface area contributed by atoms with Crippen LogP contribution in [0.3, 0.4) is 0 Å². The molecule has 9 nitrogen and oxygen atoms in total. The molecule has 1 aliphatic rings. The van der Waals surface area contributed by atoms with Crippen LogP contribution in [0.1, 0.15) is 36.8 Å². The van der Waals surface area contributed by atoms with Gasteiger partial charge in [-0.25, -0.2) is 9.50 Å². The van der Waals surface area contributed by atoms with E-state index in [-0.39, 0.29) is 17.8 Å². The van der Waals surface area contributed by atoms with Crippen molar-refractivity contribution in [2.24, 2.45) is 0 Å². The Morgan fingerprint density at radius 2 is 2.19 bits per heavy atom. The summed E-state index contributed by atoms with van der Waals surface area (Å²) >= 11 is 0. The van der Waals surface area contributed by atoms with Crippen molar-refractivity contribution in [3.05, 3.63) is 66.1 Å². The predicted octanol–water partition coefficient (Wildman–Crippen LogP) is 3.47. The molecule has 1 aliphatic heterocycles. The van der Waals surface area contributed by atoms with Crippen LogP contribution in [0.2, 0.25) is 0 Å². The van der Waals surface area contributed by atoms with Crippen molar-refractivity contribution in [3.63, 3.8) is 0 Å². The average Bonchev–Trinajstić information content (AvgIpc) is 3.21. The van der Waals surface area contributed by atoms with Gasteiger partial charge in [0.25, 0.3) is 5.91 Å². The number of morpholine rings is 1. The van der Waals surface area contributed by atoms with Gasteiger partial charge in [-0.15, -0.1) is 0 Å². The molecule has 0 aliphatic carbocycles. The van der Waals surface area contributed by atoms with Gasteiger partial charge in [0.1, 0.15) is 0 Å². The molecule has 0 bridgehead atoms. The van der Waals surface area contributed by atoms with Crippen molar-refractivity contribution in [2.75, 3.05) is 29.9 Å². The first-order valence-corrected chi connectivity index (χ1v) is 10.5. The van der Waals surface area contributed by atoms with Gasteiger partial charge in [-0.1, -0.05) is 12.2 Å². The fraction of sp³-hybridized carbons (Fsp3) is 0.304. The fourth-order valence-electron chi connectivity index (χ4n) is 3.75. The number of imidazole rings is 1. The van der Waals surface area contributed by atoms with E-state index >= 15 is 0 Å². The van der Waals surface area contributed by atoms with Gasteiger partial charge in [0.05, 0.1) is 53.5 Å². The summed E-state index contributed by atoms with van der Waals surface area (Å²) in [5, 5.41) is 17.3. The van der Waals surface area contributed by atoms with Gasteiger partial charge in [0.2, 0.25) is 0 Å². The van der Waals surface area contributed by atoms with Crippen LogP contribution in [0.4, 0.5) is 11.4 Å². The largest absolute Gasteiger partial charge is 0.512 e. The zero-order valence-electron chi connectivity index (χ0n) is 18.3. The van der Waals surface area contributed by atoms with Gasteiger partial charge in [0.15, 0.2) is 5.65 Å². The van der Waals surface area contributed by atoms with Crippen LogP contribution in [0.15, 0.2) is 54.8 Å². The number of anilines is 2. The molecular weight excluding hydrogens is 408 g/mol.